The predicted molar refractivity (Wildman–Crippen MR) is 70.9 cm³/mol. The maximum atomic E-state index is 13.0. The van der Waals surface area contributed by atoms with Gasteiger partial charge in [0.2, 0.25) is 0 Å². The molecule has 0 saturated heterocycles. The molecule has 2 nitrogen and oxygen atoms in total. The standard InChI is InChI=1S/C13H16BrF2NO/c1-3-13(2,6-7-14)17-12(18)9-4-5-10(15)11(16)8-9/h4-5,8H,3,6-7H2,1-2H3,(H,17,18). The first kappa shape index (κ1) is 15.1. The average Bonchev–Trinajstić information content (AvgIpc) is 2.32. The van der Waals surface area contributed by atoms with Gasteiger partial charge in [0.15, 0.2) is 11.6 Å². The fourth-order valence-electron chi connectivity index (χ4n) is 1.52. The summed E-state index contributed by atoms with van der Waals surface area (Å²) < 4.78 is 25.8. The number of amides is 1. The molecule has 0 aliphatic heterocycles. The van der Waals surface area contributed by atoms with Gasteiger partial charge in [0.05, 0.1) is 0 Å². The zero-order chi connectivity index (χ0) is 13.8. The first-order chi connectivity index (χ1) is 8.41. The van der Waals surface area contributed by atoms with Crippen molar-refractivity contribution in [1.29, 1.82) is 0 Å². The minimum absolute atomic E-state index is 0.128. The maximum absolute atomic E-state index is 13.0. The molecule has 1 amide bonds. The molecule has 1 aromatic carbocycles. The van der Waals surface area contributed by atoms with Gasteiger partial charge in [-0.2, -0.15) is 0 Å². The SMILES string of the molecule is CCC(C)(CCBr)NC(=O)c1ccc(F)c(F)c1. The Labute approximate surface area is 114 Å². The third-order valence-electron chi connectivity index (χ3n) is 3.02. The van der Waals surface area contributed by atoms with E-state index in [0.717, 1.165) is 30.3 Å². The van der Waals surface area contributed by atoms with Crippen LogP contribution in [0.4, 0.5) is 8.78 Å². The Kier molecular flexibility index (Phi) is 5.26. The number of hydrogen-bond acceptors (Lipinski definition) is 1. The molecule has 1 atom stereocenters. The van der Waals surface area contributed by atoms with Gasteiger partial charge in [-0.1, -0.05) is 22.9 Å². The van der Waals surface area contributed by atoms with E-state index in [1.54, 1.807) is 0 Å². The van der Waals surface area contributed by atoms with Gasteiger partial charge in [-0.05, 0) is 38.0 Å². The molecule has 0 radical (unpaired) electrons. The van der Waals surface area contributed by atoms with Gasteiger partial charge in [-0.25, -0.2) is 8.78 Å². The fraction of sp³-hybridized carbons (Fsp3) is 0.462. The molecule has 5 heteroatoms. The highest BCUT2D eigenvalue weighted by Crippen LogP contribution is 2.17. The first-order valence-corrected chi connectivity index (χ1v) is 6.87. The molecule has 0 heterocycles. The van der Waals surface area contributed by atoms with Gasteiger partial charge >= 0.3 is 0 Å². The zero-order valence-electron chi connectivity index (χ0n) is 10.4. The second kappa shape index (κ2) is 6.27. The Hall–Kier alpha value is -0.970. The van der Waals surface area contributed by atoms with E-state index < -0.39 is 11.6 Å². The third-order valence-corrected chi connectivity index (χ3v) is 3.42. The summed E-state index contributed by atoms with van der Waals surface area (Å²) in [6, 6.07) is 3.14. The molecule has 1 unspecified atom stereocenters. The highest BCUT2D eigenvalue weighted by Gasteiger charge is 2.24. The smallest absolute Gasteiger partial charge is 0.251 e. The third kappa shape index (κ3) is 3.77. The number of benzene rings is 1. The number of alkyl halides is 1. The number of nitrogens with one attached hydrogen (secondary N) is 1. The second-order valence-corrected chi connectivity index (χ2v) is 5.23. The largest absolute Gasteiger partial charge is 0.347 e. The summed E-state index contributed by atoms with van der Waals surface area (Å²) in [5.41, 5.74) is -0.228. The van der Waals surface area contributed by atoms with Crippen LogP contribution in [0.3, 0.4) is 0 Å². The van der Waals surface area contributed by atoms with Crippen molar-refractivity contribution in [3.8, 4) is 0 Å². The topological polar surface area (TPSA) is 29.1 Å². The van der Waals surface area contributed by atoms with Crippen molar-refractivity contribution in [2.24, 2.45) is 0 Å². The molecule has 0 bridgehead atoms. The summed E-state index contributed by atoms with van der Waals surface area (Å²) in [5, 5.41) is 3.61. The van der Waals surface area contributed by atoms with Crippen LogP contribution >= 0.6 is 15.9 Å². The maximum Gasteiger partial charge on any atom is 0.251 e. The molecule has 0 fully saturated rings. The summed E-state index contributed by atoms with van der Waals surface area (Å²) in [6.07, 6.45) is 1.52. The molecule has 0 saturated carbocycles. The molecule has 0 aliphatic rings. The van der Waals surface area contributed by atoms with Crippen LogP contribution in [0.5, 0.6) is 0 Å². The zero-order valence-corrected chi connectivity index (χ0v) is 12.0. The van der Waals surface area contributed by atoms with Crippen molar-refractivity contribution in [3.05, 3.63) is 35.4 Å². The molecule has 1 N–H and O–H groups in total. The highest BCUT2D eigenvalue weighted by molar-refractivity contribution is 9.09. The lowest BCUT2D eigenvalue weighted by Gasteiger charge is -2.29. The van der Waals surface area contributed by atoms with Crippen LogP contribution in [-0.4, -0.2) is 16.8 Å². The second-order valence-electron chi connectivity index (χ2n) is 4.44. The number of hydrogen-bond donors (Lipinski definition) is 1. The van der Waals surface area contributed by atoms with E-state index in [9.17, 15) is 13.6 Å². The fourth-order valence-corrected chi connectivity index (χ4v) is 2.39. The van der Waals surface area contributed by atoms with Gasteiger partial charge in [-0.3, -0.25) is 4.79 Å². The summed E-state index contributed by atoms with van der Waals surface area (Å²) >= 11 is 3.33. The normalized spacial score (nSPS) is 14.1. The van der Waals surface area contributed by atoms with E-state index >= 15 is 0 Å². The van der Waals surface area contributed by atoms with Crippen LogP contribution in [0.2, 0.25) is 0 Å². The van der Waals surface area contributed by atoms with Crippen LogP contribution in [-0.2, 0) is 0 Å². The molecule has 18 heavy (non-hydrogen) atoms. The Balaban J connectivity index is 2.84. The number of rotatable bonds is 5. The average molecular weight is 320 g/mol. The lowest BCUT2D eigenvalue weighted by molar-refractivity contribution is 0.0901. The van der Waals surface area contributed by atoms with Crippen molar-refractivity contribution >= 4 is 21.8 Å². The predicted octanol–water partition coefficient (Wildman–Crippen LogP) is 3.65. The van der Waals surface area contributed by atoms with E-state index in [1.807, 2.05) is 13.8 Å². The van der Waals surface area contributed by atoms with Crippen LogP contribution in [0.15, 0.2) is 18.2 Å². The van der Waals surface area contributed by atoms with E-state index in [1.165, 1.54) is 6.07 Å². The number of halogens is 3. The van der Waals surface area contributed by atoms with Crippen molar-refractivity contribution in [3.63, 3.8) is 0 Å². The lowest BCUT2D eigenvalue weighted by Crippen LogP contribution is -2.45. The van der Waals surface area contributed by atoms with Crippen LogP contribution in [0.25, 0.3) is 0 Å². The van der Waals surface area contributed by atoms with Gasteiger partial charge in [0, 0.05) is 16.4 Å². The molecule has 1 rings (SSSR count). The van der Waals surface area contributed by atoms with E-state index in [-0.39, 0.29) is 17.0 Å². The van der Waals surface area contributed by atoms with Gasteiger partial charge < -0.3 is 5.32 Å². The Morgan fingerprint density at radius 3 is 2.56 bits per heavy atom. The monoisotopic (exact) mass is 319 g/mol. The molecule has 0 aliphatic carbocycles. The minimum atomic E-state index is -1.01. The number of carbonyl (C=O) groups is 1. The summed E-state index contributed by atoms with van der Waals surface area (Å²) in [6.45, 7) is 3.89. The highest BCUT2D eigenvalue weighted by atomic mass is 79.9. The van der Waals surface area contributed by atoms with E-state index in [2.05, 4.69) is 21.2 Å². The van der Waals surface area contributed by atoms with Crippen molar-refractivity contribution in [1.82, 2.24) is 5.32 Å². The molecular formula is C13H16BrF2NO. The Morgan fingerprint density at radius 2 is 2.06 bits per heavy atom. The van der Waals surface area contributed by atoms with Crippen LogP contribution in [0.1, 0.15) is 37.0 Å². The summed E-state index contributed by atoms with van der Waals surface area (Å²) in [5.74, 6) is -2.36. The summed E-state index contributed by atoms with van der Waals surface area (Å²) in [4.78, 5) is 11.9. The van der Waals surface area contributed by atoms with Crippen molar-refractivity contribution in [2.45, 2.75) is 32.2 Å². The van der Waals surface area contributed by atoms with E-state index in [4.69, 9.17) is 0 Å². The minimum Gasteiger partial charge on any atom is -0.347 e. The van der Waals surface area contributed by atoms with Crippen molar-refractivity contribution in [2.75, 3.05) is 5.33 Å². The molecule has 0 aromatic heterocycles. The van der Waals surface area contributed by atoms with Crippen LogP contribution in [0, 0.1) is 11.6 Å². The molecule has 1 aromatic rings. The Morgan fingerprint density at radius 1 is 1.39 bits per heavy atom. The first-order valence-electron chi connectivity index (χ1n) is 5.75. The number of carbonyl (C=O) groups excluding carboxylic acids is 1. The van der Waals surface area contributed by atoms with Gasteiger partial charge in [0.25, 0.3) is 5.91 Å². The van der Waals surface area contributed by atoms with Gasteiger partial charge in [0.1, 0.15) is 0 Å². The molecule has 0 spiro atoms. The Bertz CT molecular complexity index is 439. The van der Waals surface area contributed by atoms with E-state index in [0.29, 0.717) is 0 Å². The van der Waals surface area contributed by atoms with Crippen LogP contribution < -0.4 is 5.32 Å². The summed E-state index contributed by atoms with van der Waals surface area (Å²) in [7, 11) is 0. The lowest BCUT2D eigenvalue weighted by atomic mass is 9.95. The van der Waals surface area contributed by atoms with Crippen molar-refractivity contribution < 1.29 is 13.6 Å². The quantitative estimate of drug-likeness (QED) is 0.825. The molecule has 100 valence electrons. The van der Waals surface area contributed by atoms with Gasteiger partial charge in [-0.15, -0.1) is 0 Å². The molecular weight excluding hydrogens is 304 g/mol.